The molecule has 9 nitrogen and oxygen atoms in total. The summed E-state index contributed by atoms with van der Waals surface area (Å²) in [4.78, 5) is 43.3. The number of ether oxygens (including phenoxy) is 1. The Kier molecular flexibility index (Phi) is 5.76. The van der Waals surface area contributed by atoms with Crippen molar-refractivity contribution in [3.63, 3.8) is 0 Å². The van der Waals surface area contributed by atoms with Crippen LogP contribution >= 0.6 is 0 Å². The molecule has 29 heavy (non-hydrogen) atoms. The van der Waals surface area contributed by atoms with Gasteiger partial charge in [0, 0.05) is 19.3 Å². The summed E-state index contributed by atoms with van der Waals surface area (Å²) in [6.45, 7) is 7.95. The molecule has 2 aromatic rings. The van der Waals surface area contributed by atoms with Crippen molar-refractivity contribution in [2.75, 3.05) is 13.1 Å². The predicted molar refractivity (Wildman–Crippen MR) is 106 cm³/mol. The van der Waals surface area contributed by atoms with Gasteiger partial charge in [-0.1, -0.05) is 6.07 Å². The Morgan fingerprint density at radius 3 is 2.69 bits per heavy atom. The highest BCUT2D eigenvalue weighted by atomic mass is 16.6. The number of carbonyl (C=O) groups excluding carboxylic acids is 3. The molecule has 3 rings (SSSR count). The Morgan fingerprint density at radius 1 is 1.21 bits per heavy atom. The van der Waals surface area contributed by atoms with E-state index in [1.54, 1.807) is 50.4 Å². The van der Waals surface area contributed by atoms with Crippen LogP contribution in [0.3, 0.4) is 0 Å². The van der Waals surface area contributed by atoms with Crippen molar-refractivity contribution in [1.82, 2.24) is 25.1 Å². The average Bonchev–Trinajstić information content (AvgIpc) is 3.00. The van der Waals surface area contributed by atoms with Gasteiger partial charge in [-0.05, 0) is 52.7 Å². The number of piperidine rings is 1. The molecule has 0 aliphatic carbocycles. The van der Waals surface area contributed by atoms with Gasteiger partial charge in [-0.2, -0.15) is 0 Å². The van der Waals surface area contributed by atoms with E-state index in [1.165, 1.54) is 4.90 Å². The smallest absolute Gasteiger partial charge is 0.410 e. The van der Waals surface area contributed by atoms with Gasteiger partial charge < -0.3 is 9.64 Å². The molecule has 0 aromatic carbocycles. The van der Waals surface area contributed by atoms with Crippen LogP contribution in [0.25, 0.3) is 5.65 Å². The molecule has 0 saturated carbocycles. The molecule has 1 saturated heterocycles. The number of hydrogen-bond acceptors (Lipinski definition) is 5. The molecule has 0 unspecified atom stereocenters. The number of carbonyl (C=O) groups is 3. The number of rotatable bonds is 2. The van der Waals surface area contributed by atoms with E-state index in [1.807, 2.05) is 6.07 Å². The van der Waals surface area contributed by atoms with Gasteiger partial charge in [0.05, 0.1) is 11.6 Å². The SMILES string of the molecule is Cc1nc2ccccn2c1C(=O)NNC(=O)[C@H]1CCCN(C(=O)OC(C)(C)C)C1. The number of aryl methyl sites for hydroxylation is 1. The van der Waals surface area contributed by atoms with E-state index in [2.05, 4.69) is 15.8 Å². The predicted octanol–water partition coefficient (Wildman–Crippen LogP) is 2.05. The van der Waals surface area contributed by atoms with E-state index in [4.69, 9.17) is 4.74 Å². The summed E-state index contributed by atoms with van der Waals surface area (Å²) in [5.41, 5.74) is 5.94. The van der Waals surface area contributed by atoms with E-state index >= 15 is 0 Å². The van der Waals surface area contributed by atoms with E-state index < -0.39 is 23.5 Å². The number of imidazole rings is 1. The minimum absolute atomic E-state index is 0.255. The summed E-state index contributed by atoms with van der Waals surface area (Å²) in [5, 5.41) is 0. The highest BCUT2D eigenvalue weighted by molar-refractivity contribution is 5.96. The third-order valence-corrected chi connectivity index (χ3v) is 4.66. The molecule has 1 atom stereocenters. The van der Waals surface area contributed by atoms with Gasteiger partial charge in [0.1, 0.15) is 16.9 Å². The Morgan fingerprint density at radius 2 is 1.97 bits per heavy atom. The monoisotopic (exact) mass is 401 g/mol. The standard InChI is InChI=1S/C20H27N5O4/c1-13-16(25-11-6-5-9-15(25)21-13)18(27)23-22-17(26)14-8-7-10-24(12-14)19(28)29-20(2,3)4/h5-6,9,11,14H,7-8,10,12H2,1-4H3,(H,22,26)(H,23,27)/t14-/m0/s1. The summed E-state index contributed by atoms with van der Waals surface area (Å²) < 4.78 is 7.05. The van der Waals surface area contributed by atoms with E-state index in [-0.39, 0.29) is 12.5 Å². The lowest BCUT2D eigenvalue weighted by Crippen LogP contribution is -2.50. The average molecular weight is 401 g/mol. The van der Waals surface area contributed by atoms with Crippen molar-refractivity contribution in [2.24, 2.45) is 5.92 Å². The first-order valence-corrected chi connectivity index (χ1v) is 9.67. The van der Waals surface area contributed by atoms with Crippen molar-refractivity contribution in [3.05, 3.63) is 35.8 Å². The molecule has 1 fully saturated rings. The van der Waals surface area contributed by atoms with Crippen LogP contribution in [-0.2, 0) is 9.53 Å². The fourth-order valence-electron chi connectivity index (χ4n) is 3.35. The molecular weight excluding hydrogens is 374 g/mol. The number of aromatic nitrogens is 2. The van der Waals surface area contributed by atoms with Crippen molar-refractivity contribution in [2.45, 2.75) is 46.1 Å². The van der Waals surface area contributed by atoms with Gasteiger partial charge in [0.25, 0.3) is 5.91 Å². The number of pyridine rings is 1. The summed E-state index contributed by atoms with van der Waals surface area (Å²) >= 11 is 0. The Balaban J connectivity index is 1.59. The minimum atomic E-state index is -0.591. The van der Waals surface area contributed by atoms with Gasteiger partial charge in [0.2, 0.25) is 5.91 Å². The lowest BCUT2D eigenvalue weighted by Gasteiger charge is -2.33. The molecule has 156 valence electrons. The fourth-order valence-corrected chi connectivity index (χ4v) is 3.35. The summed E-state index contributed by atoms with van der Waals surface area (Å²) in [7, 11) is 0. The molecule has 1 aliphatic heterocycles. The first-order chi connectivity index (χ1) is 13.7. The van der Waals surface area contributed by atoms with Gasteiger partial charge in [-0.15, -0.1) is 0 Å². The number of nitrogens with zero attached hydrogens (tertiary/aromatic N) is 3. The second kappa shape index (κ2) is 8.10. The minimum Gasteiger partial charge on any atom is -0.444 e. The van der Waals surface area contributed by atoms with Gasteiger partial charge >= 0.3 is 6.09 Å². The zero-order valence-electron chi connectivity index (χ0n) is 17.2. The van der Waals surface area contributed by atoms with E-state index in [0.717, 1.165) is 0 Å². The number of hydrazine groups is 1. The van der Waals surface area contributed by atoms with E-state index in [9.17, 15) is 14.4 Å². The maximum atomic E-state index is 12.6. The quantitative estimate of drug-likeness (QED) is 0.750. The van der Waals surface area contributed by atoms with Crippen LogP contribution in [0.1, 0.15) is 49.8 Å². The lowest BCUT2D eigenvalue weighted by atomic mass is 9.98. The summed E-state index contributed by atoms with van der Waals surface area (Å²) in [5.74, 6) is -1.20. The zero-order chi connectivity index (χ0) is 21.2. The summed E-state index contributed by atoms with van der Waals surface area (Å²) in [6, 6.07) is 5.44. The molecule has 0 bridgehead atoms. The summed E-state index contributed by atoms with van der Waals surface area (Å²) in [6.07, 6.45) is 2.64. The first-order valence-electron chi connectivity index (χ1n) is 9.67. The highest BCUT2D eigenvalue weighted by Crippen LogP contribution is 2.19. The van der Waals surface area contributed by atoms with Crippen LogP contribution in [-0.4, -0.2) is 50.9 Å². The Bertz CT molecular complexity index is 931. The van der Waals surface area contributed by atoms with Gasteiger partial charge in [-0.3, -0.25) is 24.8 Å². The van der Waals surface area contributed by atoms with Gasteiger partial charge in [-0.25, -0.2) is 9.78 Å². The Labute approximate surface area is 169 Å². The van der Waals surface area contributed by atoms with Crippen molar-refractivity contribution in [3.8, 4) is 0 Å². The van der Waals surface area contributed by atoms with Crippen molar-refractivity contribution < 1.29 is 19.1 Å². The Hall–Kier alpha value is -3.10. The largest absolute Gasteiger partial charge is 0.444 e. The molecule has 3 amide bonds. The molecule has 2 N–H and O–H groups in total. The molecule has 2 aromatic heterocycles. The highest BCUT2D eigenvalue weighted by Gasteiger charge is 2.31. The second-order valence-electron chi connectivity index (χ2n) is 8.18. The topological polar surface area (TPSA) is 105 Å². The van der Waals surface area contributed by atoms with Crippen LogP contribution < -0.4 is 10.9 Å². The fraction of sp³-hybridized carbons (Fsp3) is 0.500. The number of likely N-dealkylation sites (tertiary alicyclic amines) is 1. The molecule has 3 heterocycles. The molecule has 9 heteroatoms. The number of hydrogen-bond donors (Lipinski definition) is 2. The van der Waals surface area contributed by atoms with Crippen molar-refractivity contribution >= 4 is 23.6 Å². The van der Waals surface area contributed by atoms with Crippen LogP contribution in [0.2, 0.25) is 0 Å². The maximum Gasteiger partial charge on any atom is 0.410 e. The van der Waals surface area contributed by atoms with Crippen LogP contribution in [0.4, 0.5) is 4.79 Å². The lowest BCUT2D eigenvalue weighted by molar-refractivity contribution is -0.127. The second-order valence-corrected chi connectivity index (χ2v) is 8.18. The zero-order valence-corrected chi connectivity index (χ0v) is 17.2. The molecule has 0 radical (unpaired) electrons. The number of fused-ring (bicyclic) bond motifs is 1. The molecule has 0 spiro atoms. The van der Waals surface area contributed by atoms with Crippen LogP contribution in [0, 0.1) is 12.8 Å². The third-order valence-electron chi connectivity index (χ3n) is 4.66. The molecular formula is C20H27N5O4. The number of nitrogens with one attached hydrogen (secondary N) is 2. The maximum absolute atomic E-state index is 12.6. The van der Waals surface area contributed by atoms with Gasteiger partial charge in [0.15, 0.2) is 0 Å². The normalized spacial score (nSPS) is 17.1. The first kappa shape index (κ1) is 20.6. The van der Waals surface area contributed by atoms with E-state index in [0.29, 0.717) is 36.4 Å². The number of amides is 3. The van der Waals surface area contributed by atoms with Crippen LogP contribution in [0.15, 0.2) is 24.4 Å². The third kappa shape index (κ3) is 4.85. The van der Waals surface area contributed by atoms with Crippen LogP contribution in [0.5, 0.6) is 0 Å². The molecule has 1 aliphatic rings. The van der Waals surface area contributed by atoms with Crippen molar-refractivity contribution in [1.29, 1.82) is 0 Å².